The van der Waals surface area contributed by atoms with Gasteiger partial charge in [-0.3, -0.25) is 0 Å². The molecule has 0 aromatic heterocycles. The summed E-state index contributed by atoms with van der Waals surface area (Å²) >= 11 is 0. The van der Waals surface area contributed by atoms with E-state index in [9.17, 15) is 5.11 Å². The number of para-hydroxylation sites is 1. The van der Waals surface area contributed by atoms with Crippen molar-refractivity contribution in [2.45, 2.75) is 38.8 Å². The average Bonchev–Trinajstić information content (AvgIpc) is 2.87. The molecular weight excluding hydrogens is 230 g/mol. The molecule has 100 valence electrons. The maximum Gasteiger partial charge on any atom is 0.231 e. The molecule has 0 spiro atoms. The Bertz CT molecular complexity index is 402. The summed E-state index contributed by atoms with van der Waals surface area (Å²) in [6, 6.07) is 5.87. The molecule has 18 heavy (non-hydrogen) atoms. The van der Waals surface area contributed by atoms with Gasteiger partial charge < -0.3 is 19.9 Å². The lowest BCUT2D eigenvalue weighted by atomic mass is 9.97. The van der Waals surface area contributed by atoms with Gasteiger partial charge in [0.2, 0.25) is 6.79 Å². The SMILES string of the molecule is CCC(O)(CC)CNCc1cccc2c1OCO2. The monoisotopic (exact) mass is 251 g/mol. The van der Waals surface area contributed by atoms with Crippen LogP contribution in [0.5, 0.6) is 11.5 Å². The first-order valence-electron chi connectivity index (χ1n) is 6.49. The third kappa shape index (κ3) is 2.76. The van der Waals surface area contributed by atoms with Crippen LogP contribution in [-0.4, -0.2) is 24.0 Å². The predicted octanol–water partition coefficient (Wildman–Crippen LogP) is 2.06. The van der Waals surface area contributed by atoms with E-state index in [1.165, 1.54) is 0 Å². The van der Waals surface area contributed by atoms with E-state index in [4.69, 9.17) is 9.47 Å². The molecule has 1 heterocycles. The molecule has 0 unspecified atom stereocenters. The normalized spacial score (nSPS) is 13.9. The van der Waals surface area contributed by atoms with Crippen molar-refractivity contribution >= 4 is 0 Å². The van der Waals surface area contributed by atoms with Crippen molar-refractivity contribution in [2.24, 2.45) is 0 Å². The molecule has 0 fully saturated rings. The van der Waals surface area contributed by atoms with Crippen LogP contribution in [0.4, 0.5) is 0 Å². The molecule has 0 saturated carbocycles. The molecule has 1 aliphatic rings. The molecule has 0 bridgehead atoms. The van der Waals surface area contributed by atoms with Gasteiger partial charge in [0.25, 0.3) is 0 Å². The van der Waals surface area contributed by atoms with Crippen molar-refractivity contribution in [3.8, 4) is 11.5 Å². The number of rotatable bonds is 6. The second-order valence-electron chi connectivity index (χ2n) is 4.69. The topological polar surface area (TPSA) is 50.7 Å². The highest BCUT2D eigenvalue weighted by molar-refractivity contribution is 5.48. The summed E-state index contributed by atoms with van der Waals surface area (Å²) in [5.41, 5.74) is 0.453. The molecule has 0 amide bonds. The first-order valence-corrected chi connectivity index (χ1v) is 6.49. The Hall–Kier alpha value is -1.26. The van der Waals surface area contributed by atoms with Crippen LogP contribution in [0.2, 0.25) is 0 Å². The zero-order chi connectivity index (χ0) is 13.0. The molecule has 0 saturated heterocycles. The van der Waals surface area contributed by atoms with Crippen LogP contribution in [-0.2, 0) is 6.54 Å². The fourth-order valence-electron chi connectivity index (χ4n) is 2.06. The third-order valence-electron chi connectivity index (χ3n) is 3.56. The summed E-state index contributed by atoms with van der Waals surface area (Å²) in [4.78, 5) is 0. The van der Waals surface area contributed by atoms with Crippen LogP contribution in [0.3, 0.4) is 0 Å². The number of hydrogen-bond acceptors (Lipinski definition) is 4. The zero-order valence-electron chi connectivity index (χ0n) is 11.0. The summed E-state index contributed by atoms with van der Waals surface area (Å²) in [7, 11) is 0. The van der Waals surface area contributed by atoms with Crippen LogP contribution in [0.15, 0.2) is 18.2 Å². The van der Waals surface area contributed by atoms with E-state index in [0.717, 1.165) is 29.9 Å². The summed E-state index contributed by atoms with van der Waals surface area (Å²) in [6.45, 7) is 5.56. The van der Waals surface area contributed by atoms with Crippen LogP contribution in [0, 0.1) is 0 Å². The molecule has 1 aromatic carbocycles. The Morgan fingerprint density at radius 1 is 1.28 bits per heavy atom. The highest BCUT2D eigenvalue weighted by Crippen LogP contribution is 2.35. The molecule has 2 rings (SSSR count). The number of ether oxygens (including phenoxy) is 2. The fraction of sp³-hybridized carbons (Fsp3) is 0.571. The summed E-state index contributed by atoms with van der Waals surface area (Å²) < 4.78 is 10.8. The van der Waals surface area contributed by atoms with Gasteiger partial charge in [0.1, 0.15) is 0 Å². The van der Waals surface area contributed by atoms with E-state index in [1.807, 2.05) is 32.0 Å². The van der Waals surface area contributed by atoms with E-state index >= 15 is 0 Å². The van der Waals surface area contributed by atoms with Crippen LogP contribution in [0.1, 0.15) is 32.3 Å². The van der Waals surface area contributed by atoms with E-state index in [1.54, 1.807) is 0 Å². The van der Waals surface area contributed by atoms with Crippen molar-refractivity contribution in [2.75, 3.05) is 13.3 Å². The molecule has 0 radical (unpaired) electrons. The minimum atomic E-state index is -0.616. The second-order valence-corrected chi connectivity index (χ2v) is 4.69. The Morgan fingerprint density at radius 2 is 2.06 bits per heavy atom. The smallest absolute Gasteiger partial charge is 0.231 e. The Morgan fingerprint density at radius 3 is 2.78 bits per heavy atom. The Labute approximate surface area is 108 Å². The number of nitrogens with one attached hydrogen (secondary N) is 1. The van der Waals surface area contributed by atoms with Gasteiger partial charge in [0.15, 0.2) is 11.5 Å². The van der Waals surface area contributed by atoms with Crippen molar-refractivity contribution in [1.29, 1.82) is 0 Å². The molecule has 2 N–H and O–H groups in total. The van der Waals surface area contributed by atoms with Crippen molar-refractivity contribution in [3.05, 3.63) is 23.8 Å². The quantitative estimate of drug-likeness (QED) is 0.812. The number of benzene rings is 1. The minimum absolute atomic E-state index is 0.292. The first-order chi connectivity index (χ1) is 8.68. The molecule has 1 aromatic rings. The van der Waals surface area contributed by atoms with Gasteiger partial charge in [0.05, 0.1) is 5.60 Å². The van der Waals surface area contributed by atoms with Crippen LogP contribution < -0.4 is 14.8 Å². The lowest BCUT2D eigenvalue weighted by Crippen LogP contribution is -2.39. The fourth-order valence-corrected chi connectivity index (χ4v) is 2.06. The van der Waals surface area contributed by atoms with Gasteiger partial charge in [-0.2, -0.15) is 0 Å². The van der Waals surface area contributed by atoms with Gasteiger partial charge in [-0.25, -0.2) is 0 Å². The Kier molecular flexibility index (Phi) is 4.09. The van der Waals surface area contributed by atoms with Gasteiger partial charge in [0, 0.05) is 18.7 Å². The molecule has 1 aliphatic heterocycles. The van der Waals surface area contributed by atoms with Crippen molar-refractivity contribution in [1.82, 2.24) is 5.32 Å². The molecule has 0 atom stereocenters. The summed E-state index contributed by atoms with van der Waals surface area (Å²) in [5, 5.41) is 13.5. The highest BCUT2D eigenvalue weighted by atomic mass is 16.7. The maximum absolute atomic E-state index is 10.2. The number of aliphatic hydroxyl groups is 1. The van der Waals surface area contributed by atoms with E-state index in [2.05, 4.69) is 5.32 Å². The Balaban J connectivity index is 1.93. The van der Waals surface area contributed by atoms with Crippen LogP contribution in [0.25, 0.3) is 0 Å². The largest absolute Gasteiger partial charge is 0.454 e. The standard InChI is InChI=1S/C14H21NO3/c1-3-14(16,4-2)9-15-8-11-6-5-7-12-13(11)18-10-17-12/h5-7,15-16H,3-4,8-10H2,1-2H3. The molecule has 4 nitrogen and oxygen atoms in total. The number of hydrogen-bond donors (Lipinski definition) is 2. The van der Waals surface area contributed by atoms with E-state index < -0.39 is 5.60 Å². The van der Waals surface area contributed by atoms with Crippen molar-refractivity contribution in [3.63, 3.8) is 0 Å². The van der Waals surface area contributed by atoms with E-state index in [-0.39, 0.29) is 0 Å². The lowest BCUT2D eigenvalue weighted by molar-refractivity contribution is 0.0322. The first kappa shape index (κ1) is 13.2. The molecule has 0 aliphatic carbocycles. The highest BCUT2D eigenvalue weighted by Gasteiger charge is 2.22. The second kappa shape index (κ2) is 5.59. The van der Waals surface area contributed by atoms with Gasteiger partial charge in [-0.15, -0.1) is 0 Å². The predicted molar refractivity (Wildman–Crippen MR) is 69.8 cm³/mol. The van der Waals surface area contributed by atoms with E-state index in [0.29, 0.717) is 19.9 Å². The van der Waals surface area contributed by atoms with Crippen LogP contribution >= 0.6 is 0 Å². The van der Waals surface area contributed by atoms with Gasteiger partial charge >= 0.3 is 0 Å². The summed E-state index contributed by atoms with van der Waals surface area (Å²) in [6.07, 6.45) is 1.51. The van der Waals surface area contributed by atoms with Gasteiger partial charge in [-0.05, 0) is 18.9 Å². The molecular formula is C14H21NO3. The van der Waals surface area contributed by atoms with Crippen molar-refractivity contribution < 1.29 is 14.6 Å². The zero-order valence-corrected chi connectivity index (χ0v) is 11.0. The lowest BCUT2D eigenvalue weighted by Gasteiger charge is -2.25. The maximum atomic E-state index is 10.2. The molecule has 4 heteroatoms. The third-order valence-corrected chi connectivity index (χ3v) is 3.56. The number of fused-ring (bicyclic) bond motifs is 1. The van der Waals surface area contributed by atoms with Gasteiger partial charge in [-0.1, -0.05) is 26.0 Å². The summed E-state index contributed by atoms with van der Waals surface area (Å²) in [5.74, 6) is 1.62. The minimum Gasteiger partial charge on any atom is -0.454 e. The average molecular weight is 251 g/mol.